The van der Waals surface area contributed by atoms with Gasteiger partial charge in [0.2, 0.25) is 6.79 Å². The summed E-state index contributed by atoms with van der Waals surface area (Å²) in [6.07, 6.45) is 0. The molecule has 2 aliphatic heterocycles. The topological polar surface area (TPSA) is 48.0 Å². The second-order valence-electron chi connectivity index (χ2n) is 5.52. The Morgan fingerprint density at radius 3 is 2.88 bits per heavy atom. The average Bonchev–Trinajstić information content (AvgIpc) is 3.28. The SMILES string of the molecule is O=C(COc1ccccc1)N1CCS[C@@H]1c1ccc2c(c1)OCO2. The molecule has 1 fully saturated rings. The molecule has 24 heavy (non-hydrogen) atoms. The van der Waals surface area contributed by atoms with Gasteiger partial charge in [0.25, 0.3) is 5.91 Å². The molecule has 1 saturated heterocycles. The zero-order valence-corrected chi connectivity index (χ0v) is 13.8. The number of thioether (sulfide) groups is 1. The maximum absolute atomic E-state index is 12.6. The lowest BCUT2D eigenvalue weighted by Crippen LogP contribution is -2.34. The molecule has 0 aromatic heterocycles. The Labute approximate surface area is 144 Å². The van der Waals surface area contributed by atoms with Crippen LogP contribution < -0.4 is 14.2 Å². The molecule has 6 heteroatoms. The first-order valence-corrected chi connectivity index (χ1v) is 8.84. The largest absolute Gasteiger partial charge is 0.484 e. The molecule has 124 valence electrons. The van der Waals surface area contributed by atoms with E-state index in [0.29, 0.717) is 5.75 Å². The van der Waals surface area contributed by atoms with Crippen molar-refractivity contribution in [3.8, 4) is 17.2 Å². The quantitative estimate of drug-likeness (QED) is 0.854. The molecule has 0 aliphatic carbocycles. The van der Waals surface area contributed by atoms with E-state index in [2.05, 4.69) is 0 Å². The second kappa shape index (κ2) is 6.65. The van der Waals surface area contributed by atoms with Crippen molar-refractivity contribution in [2.24, 2.45) is 0 Å². The number of nitrogens with zero attached hydrogens (tertiary/aromatic N) is 1. The lowest BCUT2D eigenvalue weighted by atomic mass is 10.2. The summed E-state index contributed by atoms with van der Waals surface area (Å²) in [4.78, 5) is 14.4. The minimum Gasteiger partial charge on any atom is -0.484 e. The van der Waals surface area contributed by atoms with Gasteiger partial charge in [0.1, 0.15) is 11.1 Å². The van der Waals surface area contributed by atoms with Crippen LogP contribution in [0, 0.1) is 0 Å². The number of hydrogen-bond acceptors (Lipinski definition) is 5. The predicted molar refractivity (Wildman–Crippen MR) is 91.4 cm³/mol. The van der Waals surface area contributed by atoms with Crippen LogP contribution in [0.1, 0.15) is 10.9 Å². The molecule has 0 bridgehead atoms. The van der Waals surface area contributed by atoms with E-state index in [4.69, 9.17) is 14.2 Å². The highest BCUT2D eigenvalue weighted by molar-refractivity contribution is 7.99. The summed E-state index contributed by atoms with van der Waals surface area (Å²) in [5.74, 6) is 3.11. The van der Waals surface area contributed by atoms with E-state index in [9.17, 15) is 4.79 Å². The summed E-state index contributed by atoms with van der Waals surface area (Å²) < 4.78 is 16.4. The van der Waals surface area contributed by atoms with Crippen molar-refractivity contribution >= 4 is 17.7 Å². The molecule has 2 aliphatic rings. The van der Waals surface area contributed by atoms with Crippen molar-refractivity contribution in [2.45, 2.75) is 5.37 Å². The molecule has 0 radical (unpaired) electrons. The third kappa shape index (κ3) is 3.01. The highest BCUT2D eigenvalue weighted by Crippen LogP contribution is 2.42. The Balaban J connectivity index is 1.45. The molecule has 4 rings (SSSR count). The van der Waals surface area contributed by atoms with Gasteiger partial charge in [-0.05, 0) is 29.8 Å². The first-order valence-electron chi connectivity index (χ1n) is 7.80. The third-order valence-corrected chi connectivity index (χ3v) is 5.26. The van der Waals surface area contributed by atoms with Crippen LogP contribution in [0.25, 0.3) is 0 Å². The molecule has 5 nitrogen and oxygen atoms in total. The number of ether oxygens (including phenoxy) is 3. The monoisotopic (exact) mass is 343 g/mol. The van der Waals surface area contributed by atoms with Crippen LogP contribution in [0.15, 0.2) is 48.5 Å². The van der Waals surface area contributed by atoms with Crippen LogP contribution in [0.3, 0.4) is 0 Å². The summed E-state index contributed by atoms with van der Waals surface area (Å²) >= 11 is 1.75. The molecular formula is C18H17NO4S. The number of fused-ring (bicyclic) bond motifs is 1. The lowest BCUT2D eigenvalue weighted by Gasteiger charge is -2.24. The van der Waals surface area contributed by atoms with Crippen LogP contribution in [-0.2, 0) is 4.79 Å². The third-order valence-electron chi connectivity index (χ3n) is 4.00. The first-order chi connectivity index (χ1) is 11.8. The molecule has 1 amide bonds. The average molecular weight is 343 g/mol. The van der Waals surface area contributed by atoms with Crippen molar-refractivity contribution in [1.82, 2.24) is 4.90 Å². The molecule has 0 spiro atoms. The maximum Gasteiger partial charge on any atom is 0.261 e. The van der Waals surface area contributed by atoms with Gasteiger partial charge in [0.15, 0.2) is 18.1 Å². The molecule has 0 N–H and O–H groups in total. The minimum absolute atomic E-state index is 0.00785. The van der Waals surface area contributed by atoms with Gasteiger partial charge in [-0.15, -0.1) is 11.8 Å². The number of carbonyl (C=O) groups excluding carboxylic acids is 1. The van der Waals surface area contributed by atoms with E-state index in [0.717, 1.165) is 29.4 Å². The summed E-state index contributed by atoms with van der Waals surface area (Å²) in [5, 5.41) is -0.00799. The van der Waals surface area contributed by atoms with Gasteiger partial charge in [0.05, 0.1) is 0 Å². The van der Waals surface area contributed by atoms with Crippen LogP contribution in [0.2, 0.25) is 0 Å². The fraction of sp³-hybridized carbons (Fsp3) is 0.278. The summed E-state index contributed by atoms with van der Waals surface area (Å²) in [6.45, 7) is 1.02. The fourth-order valence-corrected chi connectivity index (χ4v) is 4.08. The zero-order valence-electron chi connectivity index (χ0n) is 13.0. The zero-order chi connectivity index (χ0) is 16.4. The standard InChI is InChI=1S/C18H17NO4S/c20-17(11-21-14-4-2-1-3-5-14)19-8-9-24-18(19)13-6-7-15-16(10-13)23-12-22-15/h1-7,10,18H,8-9,11-12H2/t18-/m1/s1. The van der Waals surface area contributed by atoms with Gasteiger partial charge in [-0.3, -0.25) is 4.79 Å². The van der Waals surface area contributed by atoms with Gasteiger partial charge in [-0.25, -0.2) is 0 Å². The van der Waals surface area contributed by atoms with E-state index in [1.807, 2.05) is 53.4 Å². The molecule has 2 aromatic carbocycles. The molecule has 2 heterocycles. The Morgan fingerprint density at radius 2 is 2.00 bits per heavy atom. The van der Waals surface area contributed by atoms with Crippen LogP contribution in [-0.4, -0.2) is 36.5 Å². The normalized spacial score (nSPS) is 18.7. The number of rotatable bonds is 4. The maximum atomic E-state index is 12.6. The second-order valence-corrected chi connectivity index (χ2v) is 6.71. The molecule has 0 unspecified atom stereocenters. The number of para-hydroxylation sites is 1. The van der Waals surface area contributed by atoms with Crippen LogP contribution >= 0.6 is 11.8 Å². The van der Waals surface area contributed by atoms with Crippen molar-refractivity contribution in [1.29, 1.82) is 0 Å². The van der Waals surface area contributed by atoms with Gasteiger partial charge >= 0.3 is 0 Å². The molecule has 0 saturated carbocycles. The van der Waals surface area contributed by atoms with Gasteiger partial charge in [-0.2, -0.15) is 0 Å². The summed E-state index contributed by atoms with van der Waals surface area (Å²) in [5.41, 5.74) is 1.05. The molecular weight excluding hydrogens is 326 g/mol. The molecule has 1 atom stereocenters. The highest BCUT2D eigenvalue weighted by atomic mass is 32.2. The van der Waals surface area contributed by atoms with Crippen LogP contribution in [0.4, 0.5) is 0 Å². The molecule has 2 aromatic rings. The Morgan fingerprint density at radius 1 is 1.17 bits per heavy atom. The van der Waals surface area contributed by atoms with E-state index in [-0.39, 0.29) is 24.7 Å². The Hall–Kier alpha value is -2.34. The van der Waals surface area contributed by atoms with Crippen molar-refractivity contribution in [2.75, 3.05) is 25.7 Å². The van der Waals surface area contributed by atoms with Crippen molar-refractivity contribution < 1.29 is 19.0 Å². The number of amides is 1. The summed E-state index contributed by atoms with van der Waals surface area (Å²) in [6, 6.07) is 15.3. The fourth-order valence-electron chi connectivity index (χ4n) is 2.81. The first kappa shape index (κ1) is 15.2. The Bertz CT molecular complexity index is 737. The lowest BCUT2D eigenvalue weighted by molar-refractivity contribution is -0.133. The van der Waals surface area contributed by atoms with E-state index < -0.39 is 0 Å². The summed E-state index contributed by atoms with van der Waals surface area (Å²) in [7, 11) is 0. The number of carbonyl (C=O) groups is 1. The van der Waals surface area contributed by atoms with Gasteiger partial charge in [-0.1, -0.05) is 24.3 Å². The van der Waals surface area contributed by atoms with Gasteiger partial charge in [0, 0.05) is 12.3 Å². The highest BCUT2D eigenvalue weighted by Gasteiger charge is 2.31. The van der Waals surface area contributed by atoms with Crippen LogP contribution in [0.5, 0.6) is 17.2 Å². The van der Waals surface area contributed by atoms with Gasteiger partial charge < -0.3 is 19.1 Å². The Kier molecular flexibility index (Phi) is 4.21. The van der Waals surface area contributed by atoms with Crippen molar-refractivity contribution in [3.05, 3.63) is 54.1 Å². The minimum atomic E-state index is -0.00799. The van der Waals surface area contributed by atoms with E-state index in [1.165, 1.54) is 0 Å². The number of benzene rings is 2. The smallest absolute Gasteiger partial charge is 0.261 e. The van der Waals surface area contributed by atoms with Crippen molar-refractivity contribution in [3.63, 3.8) is 0 Å². The number of hydrogen-bond donors (Lipinski definition) is 0. The predicted octanol–water partition coefficient (Wildman–Crippen LogP) is 3.07. The van der Waals surface area contributed by atoms with E-state index >= 15 is 0 Å². The van der Waals surface area contributed by atoms with E-state index in [1.54, 1.807) is 11.8 Å².